The summed E-state index contributed by atoms with van der Waals surface area (Å²) in [6.07, 6.45) is 2.53. The minimum Gasteiger partial charge on any atom is -0.441 e. The first-order valence-electron chi connectivity index (χ1n) is 12.0. The average molecular weight is 551 g/mol. The molecule has 10 heteroatoms. The number of hydrogen-bond acceptors (Lipinski definition) is 7. The summed E-state index contributed by atoms with van der Waals surface area (Å²) in [5.41, 5.74) is 4.31. The highest BCUT2D eigenvalue weighted by atomic mass is 35.5. The SMILES string of the molecule is Cc1noc(-c2ccc(CSCCC(=O)Nc3ccncc3)cc2)c1NC(=O)OC(C)c1ccccc1Cl. The Morgan fingerprint density at radius 3 is 2.53 bits per heavy atom. The van der Waals surface area contributed by atoms with Crippen LogP contribution >= 0.6 is 23.4 Å². The van der Waals surface area contributed by atoms with Crippen LogP contribution in [0.15, 0.2) is 77.6 Å². The second-order valence-electron chi connectivity index (χ2n) is 8.45. The van der Waals surface area contributed by atoms with Crippen molar-refractivity contribution in [2.45, 2.75) is 32.1 Å². The maximum Gasteiger partial charge on any atom is 0.412 e. The number of hydrogen-bond donors (Lipinski definition) is 2. The highest BCUT2D eigenvalue weighted by molar-refractivity contribution is 7.98. The van der Waals surface area contributed by atoms with Gasteiger partial charge in [-0.15, -0.1) is 0 Å². The molecule has 196 valence electrons. The maximum absolute atomic E-state index is 12.6. The molecule has 0 radical (unpaired) electrons. The van der Waals surface area contributed by atoms with Crippen molar-refractivity contribution in [1.29, 1.82) is 0 Å². The molecule has 2 aromatic carbocycles. The third-order valence-electron chi connectivity index (χ3n) is 5.64. The number of aryl methyl sites for hydroxylation is 1. The van der Waals surface area contributed by atoms with Gasteiger partial charge in [-0.1, -0.05) is 59.2 Å². The molecule has 0 spiro atoms. The summed E-state index contributed by atoms with van der Waals surface area (Å²) >= 11 is 7.89. The summed E-state index contributed by atoms with van der Waals surface area (Å²) in [7, 11) is 0. The zero-order chi connectivity index (χ0) is 26.9. The topological polar surface area (TPSA) is 106 Å². The first-order valence-corrected chi connectivity index (χ1v) is 13.5. The van der Waals surface area contributed by atoms with Gasteiger partial charge in [0.2, 0.25) is 5.91 Å². The van der Waals surface area contributed by atoms with Crippen LogP contribution in [-0.4, -0.2) is 27.9 Å². The van der Waals surface area contributed by atoms with E-state index in [-0.39, 0.29) is 5.91 Å². The van der Waals surface area contributed by atoms with Crippen LogP contribution in [0.2, 0.25) is 5.02 Å². The van der Waals surface area contributed by atoms with E-state index in [1.165, 1.54) is 0 Å². The van der Waals surface area contributed by atoms with Gasteiger partial charge in [-0.05, 0) is 37.6 Å². The Hall–Kier alpha value is -3.82. The van der Waals surface area contributed by atoms with Crippen molar-refractivity contribution in [3.63, 3.8) is 0 Å². The van der Waals surface area contributed by atoms with Crippen LogP contribution in [0.3, 0.4) is 0 Å². The van der Waals surface area contributed by atoms with E-state index in [2.05, 4.69) is 20.8 Å². The van der Waals surface area contributed by atoms with Gasteiger partial charge >= 0.3 is 6.09 Å². The summed E-state index contributed by atoms with van der Waals surface area (Å²) < 4.78 is 11.0. The van der Waals surface area contributed by atoms with E-state index >= 15 is 0 Å². The van der Waals surface area contributed by atoms with Crippen LogP contribution in [0.25, 0.3) is 11.3 Å². The van der Waals surface area contributed by atoms with Gasteiger partial charge in [0.05, 0.1) is 0 Å². The van der Waals surface area contributed by atoms with E-state index in [0.717, 1.165) is 28.1 Å². The molecule has 2 amide bonds. The molecule has 2 heterocycles. The maximum atomic E-state index is 12.6. The van der Waals surface area contributed by atoms with Crippen molar-refractivity contribution in [3.8, 4) is 11.3 Å². The van der Waals surface area contributed by atoms with Crippen LogP contribution in [0.1, 0.15) is 36.3 Å². The Kier molecular flexibility index (Phi) is 9.40. The number of anilines is 2. The number of nitrogens with one attached hydrogen (secondary N) is 2. The van der Waals surface area contributed by atoms with E-state index < -0.39 is 12.2 Å². The van der Waals surface area contributed by atoms with Crippen LogP contribution in [-0.2, 0) is 15.3 Å². The molecule has 2 N–H and O–H groups in total. The van der Waals surface area contributed by atoms with Gasteiger partial charge in [0.15, 0.2) is 5.76 Å². The molecule has 1 unspecified atom stereocenters. The molecule has 0 aliphatic heterocycles. The molecule has 8 nitrogen and oxygen atoms in total. The molecule has 0 saturated heterocycles. The largest absolute Gasteiger partial charge is 0.441 e. The summed E-state index contributed by atoms with van der Waals surface area (Å²) in [6, 6.07) is 18.5. The Balaban J connectivity index is 1.29. The fourth-order valence-corrected chi connectivity index (χ4v) is 4.83. The molecule has 0 bridgehead atoms. The molecule has 4 rings (SSSR count). The van der Waals surface area contributed by atoms with Crippen LogP contribution in [0.4, 0.5) is 16.2 Å². The third-order valence-corrected chi connectivity index (χ3v) is 7.01. The fourth-order valence-electron chi connectivity index (χ4n) is 3.64. The van der Waals surface area contributed by atoms with Crippen molar-refractivity contribution in [3.05, 3.63) is 94.9 Å². The standard InChI is InChI=1S/C28H27ClN4O4S/c1-18-26(32-28(35)36-19(2)23-5-3-4-6-24(23)29)27(37-33-18)21-9-7-20(8-10-21)17-38-16-13-25(34)31-22-11-14-30-15-12-22/h3-12,14-15,19H,13,16-17H2,1-2H3,(H,32,35)(H,30,31,34). The van der Waals surface area contributed by atoms with Crippen molar-refractivity contribution >= 4 is 46.7 Å². The summed E-state index contributed by atoms with van der Waals surface area (Å²) in [4.78, 5) is 28.6. The minimum absolute atomic E-state index is 0.0282. The van der Waals surface area contributed by atoms with Gasteiger partial charge < -0.3 is 14.6 Å². The zero-order valence-electron chi connectivity index (χ0n) is 20.9. The summed E-state index contributed by atoms with van der Waals surface area (Å²) in [5.74, 6) is 1.87. The van der Waals surface area contributed by atoms with E-state index in [9.17, 15) is 9.59 Å². The van der Waals surface area contributed by atoms with Crippen LogP contribution in [0, 0.1) is 6.92 Å². The molecule has 38 heavy (non-hydrogen) atoms. The highest BCUT2D eigenvalue weighted by Gasteiger charge is 2.20. The predicted molar refractivity (Wildman–Crippen MR) is 150 cm³/mol. The Bertz CT molecular complexity index is 1380. The van der Waals surface area contributed by atoms with E-state index in [1.54, 1.807) is 56.2 Å². The number of rotatable bonds is 10. The number of amides is 2. The number of ether oxygens (including phenoxy) is 1. The number of nitrogens with zero attached hydrogens (tertiary/aromatic N) is 2. The van der Waals surface area contributed by atoms with Crippen molar-refractivity contribution < 1.29 is 18.8 Å². The van der Waals surface area contributed by atoms with Crippen LogP contribution in [0.5, 0.6) is 0 Å². The van der Waals surface area contributed by atoms with Gasteiger partial charge in [0.25, 0.3) is 0 Å². The Labute approximate surface area is 230 Å². The highest BCUT2D eigenvalue weighted by Crippen LogP contribution is 2.32. The van der Waals surface area contributed by atoms with Gasteiger partial charge in [-0.2, -0.15) is 11.8 Å². The lowest BCUT2D eigenvalue weighted by Crippen LogP contribution is -2.17. The molecule has 0 aliphatic carbocycles. The first kappa shape index (κ1) is 27.2. The lowest BCUT2D eigenvalue weighted by molar-refractivity contribution is -0.115. The van der Waals surface area contributed by atoms with Crippen LogP contribution < -0.4 is 10.6 Å². The van der Waals surface area contributed by atoms with Crippen molar-refractivity contribution in [2.24, 2.45) is 0 Å². The van der Waals surface area contributed by atoms with Gasteiger partial charge in [0, 0.05) is 52.2 Å². The van der Waals surface area contributed by atoms with E-state index in [1.807, 2.05) is 42.5 Å². The number of halogens is 1. The van der Waals surface area contributed by atoms with E-state index in [4.69, 9.17) is 20.9 Å². The Morgan fingerprint density at radius 1 is 1.05 bits per heavy atom. The number of carbonyl (C=O) groups is 2. The van der Waals surface area contributed by atoms with E-state index in [0.29, 0.717) is 34.3 Å². The quantitative estimate of drug-likeness (QED) is 0.200. The molecule has 2 aromatic heterocycles. The smallest absolute Gasteiger partial charge is 0.412 e. The summed E-state index contributed by atoms with van der Waals surface area (Å²) in [5, 5.41) is 10.2. The van der Waals surface area contributed by atoms with Gasteiger partial charge in [-0.25, -0.2) is 4.79 Å². The molecule has 4 aromatic rings. The molecular formula is C28H27ClN4O4S. The van der Waals surface area contributed by atoms with Crippen molar-refractivity contribution in [2.75, 3.05) is 16.4 Å². The second-order valence-corrected chi connectivity index (χ2v) is 9.96. The lowest BCUT2D eigenvalue weighted by Gasteiger charge is -2.15. The Morgan fingerprint density at radius 2 is 1.79 bits per heavy atom. The fraction of sp³-hybridized carbons (Fsp3) is 0.214. The number of aromatic nitrogens is 2. The average Bonchev–Trinajstić information content (AvgIpc) is 3.27. The molecule has 0 fully saturated rings. The molecular weight excluding hydrogens is 524 g/mol. The monoisotopic (exact) mass is 550 g/mol. The summed E-state index contributed by atoms with van der Waals surface area (Å²) in [6.45, 7) is 3.50. The van der Waals surface area contributed by atoms with Crippen molar-refractivity contribution in [1.82, 2.24) is 10.1 Å². The first-order chi connectivity index (χ1) is 18.4. The number of benzene rings is 2. The minimum atomic E-state index is -0.633. The third kappa shape index (κ3) is 7.36. The molecule has 1 atom stereocenters. The van der Waals surface area contributed by atoms with Gasteiger partial charge in [0.1, 0.15) is 17.5 Å². The molecule has 0 saturated carbocycles. The second kappa shape index (κ2) is 13.1. The number of carbonyl (C=O) groups excluding carboxylic acids is 2. The normalized spacial score (nSPS) is 11.6. The predicted octanol–water partition coefficient (Wildman–Crippen LogP) is 7.27. The number of pyridine rings is 1. The number of thioether (sulfide) groups is 1. The van der Waals surface area contributed by atoms with Gasteiger partial charge in [-0.3, -0.25) is 15.1 Å². The zero-order valence-corrected chi connectivity index (χ0v) is 22.5. The lowest BCUT2D eigenvalue weighted by atomic mass is 10.1. The molecule has 0 aliphatic rings.